The highest BCUT2D eigenvalue weighted by Gasteiger charge is 2.18. The highest BCUT2D eigenvalue weighted by atomic mass is 35.5. The standard InChI is InChI=1S/C15H14ClNO/c1-11(18)14(15-4-2-3-9-17-15)10-12-5-7-13(16)8-6-12/h2-9,14H,10H2,1H3. The molecule has 0 aliphatic heterocycles. The molecule has 1 atom stereocenters. The molecule has 0 fully saturated rings. The smallest absolute Gasteiger partial charge is 0.139 e. The van der Waals surface area contributed by atoms with E-state index in [1.165, 1.54) is 0 Å². The van der Waals surface area contributed by atoms with E-state index in [0.717, 1.165) is 11.3 Å². The van der Waals surface area contributed by atoms with Crippen LogP contribution in [0.15, 0.2) is 48.7 Å². The monoisotopic (exact) mass is 259 g/mol. The summed E-state index contributed by atoms with van der Waals surface area (Å²) < 4.78 is 0. The van der Waals surface area contributed by atoms with Crippen LogP contribution < -0.4 is 0 Å². The number of halogens is 1. The van der Waals surface area contributed by atoms with Crippen LogP contribution in [0.4, 0.5) is 0 Å². The average Bonchev–Trinajstić information content (AvgIpc) is 2.38. The fourth-order valence-corrected chi connectivity index (χ4v) is 2.02. The molecule has 0 aliphatic rings. The van der Waals surface area contributed by atoms with E-state index in [0.29, 0.717) is 11.4 Å². The zero-order valence-corrected chi connectivity index (χ0v) is 10.9. The van der Waals surface area contributed by atoms with Crippen molar-refractivity contribution in [3.63, 3.8) is 0 Å². The first-order valence-corrected chi connectivity index (χ1v) is 6.20. The van der Waals surface area contributed by atoms with Crippen molar-refractivity contribution in [2.45, 2.75) is 19.3 Å². The summed E-state index contributed by atoms with van der Waals surface area (Å²) in [5.74, 6) is -0.0592. The molecule has 1 aromatic carbocycles. The summed E-state index contributed by atoms with van der Waals surface area (Å²) in [6.45, 7) is 1.61. The van der Waals surface area contributed by atoms with Gasteiger partial charge in [0.15, 0.2) is 0 Å². The average molecular weight is 260 g/mol. The lowest BCUT2D eigenvalue weighted by molar-refractivity contribution is -0.118. The second kappa shape index (κ2) is 5.78. The summed E-state index contributed by atoms with van der Waals surface area (Å²) in [5, 5.41) is 0.705. The van der Waals surface area contributed by atoms with Gasteiger partial charge >= 0.3 is 0 Å². The van der Waals surface area contributed by atoms with Crippen molar-refractivity contribution in [1.82, 2.24) is 4.98 Å². The number of Topliss-reactive ketones (excluding diaryl/α,β-unsaturated/α-hetero) is 1. The Morgan fingerprint density at radius 3 is 2.50 bits per heavy atom. The van der Waals surface area contributed by atoms with Gasteiger partial charge in [-0.1, -0.05) is 29.8 Å². The van der Waals surface area contributed by atoms with Gasteiger partial charge in [-0.2, -0.15) is 0 Å². The molecule has 0 radical (unpaired) electrons. The van der Waals surface area contributed by atoms with Crippen LogP contribution in [0, 0.1) is 0 Å². The molecule has 0 bridgehead atoms. The Hall–Kier alpha value is -1.67. The van der Waals surface area contributed by atoms with Crippen LogP contribution in [0.25, 0.3) is 0 Å². The van der Waals surface area contributed by atoms with Gasteiger partial charge in [-0.15, -0.1) is 0 Å². The van der Waals surface area contributed by atoms with Gasteiger partial charge in [0.1, 0.15) is 5.78 Å². The number of nitrogens with zero attached hydrogens (tertiary/aromatic N) is 1. The molecule has 1 heterocycles. The molecular formula is C15H14ClNO. The molecule has 1 unspecified atom stereocenters. The van der Waals surface area contributed by atoms with E-state index in [1.807, 2.05) is 42.5 Å². The number of rotatable bonds is 4. The Morgan fingerprint density at radius 2 is 1.94 bits per heavy atom. The number of ketones is 1. The van der Waals surface area contributed by atoms with Crippen LogP contribution in [0.3, 0.4) is 0 Å². The SMILES string of the molecule is CC(=O)C(Cc1ccc(Cl)cc1)c1ccccn1. The quantitative estimate of drug-likeness (QED) is 0.839. The number of aromatic nitrogens is 1. The van der Waals surface area contributed by atoms with Gasteiger partial charge < -0.3 is 0 Å². The molecular weight excluding hydrogens is 246 g/mol. The zero-order valence-electron chi connectivity index (χ0n) is 10.1. The minimum absolute atomic E-state index is 0.128. The van der Waals surface area contributed by atoms with Crippen molar-refractivity contribution in [2.75, 3.05) is 0 Å². The van der Waals surface area contributed by atoms with Gasteiger partial charge in [-0.25, -0.2) is 0 Å². The molecule has 1 aromatic heterocycles. The maximum atomic E-state index is 11.7. The van der Waals surface area contributed by atoms with Crippen LogP contribution in [-0.2, 0) is 11.2 Å². The molecule has 2 nitrogen and oxygen atoms in total. The fourth-order valence-electron chi connectivity index (χ4n) is 1.89. The number of carbonyl (C=O) groups is 1. The molecule has 0 aliphatic carbocycles. The molecule has 0 saturated carbocycles. The Balaban J connectivity index is 2.22. The lowest BCUT2D eigenvalue weighted by Gasteiger charge is -2.13. The van der Waals surface area contributed by atoms with Crippen LogP contribution in [0.2, 0.25) is 5.02 Å². The summed E-state index contributed by atoms with van der Waals surface area (Å²) in [6.07, 6.45) is 2.37. The van der Waals surface area contributed by atoms with E-state index in [9.17, 15) is 4.79 Å². The molecule has 92 valence electrons. The molecule has 18 heavy (non-hydrogen) atoms. The molecule has 0 amide bonds. The van der Waals surface area contributed by atoms with Crippen molar-refractivity contribution in [1.29, 1.82) is 0 Å². The first kappa shape index (κ1) is 12.8. The third-order valence-corrected chi connectivity index (χ3v) is 3.14. The van der Waals surface area contributed by atoms with E-state index >= 15 is 0 Å². The molecule has 0 saturated heterocycles. The minimum Gasteiger partial charge on any atom is -0.299 e. The van der Waals surface area contributed by atoms with E-state index in [-0.39, 0.29) is 11.7 Å². The lowest BCUT2D eigenvalue weighted by atomic mass is 9.92. The fraction of sp³-hybridized carbons (Fsp3) is 0.200. The first-order chi connectivity index (χ1) is 8.66. The van der Waals surface area contributed by atoms with E-state index in [2.05, 4.69) is 4.98 Å². The first-order valence-electron chi connectivity index (χ1n) is 5.82. The van der Waals surface area contributed by atoms with E-state index in [4.69, 9.17) is 11.6 Å². The number of carbonyl (C=O) groups excluding carboxylic acids is 1. The van der Waals surface area contributed by atoms with Gasteiger partial charge in [0.05, 0.1) is 11.6 Å². The van der Waals surface area contributed by atoms with Gasteiger partial charge in [-0.05, 0) is 43.2 Å². The molecule has 0 spiro atoms. The lowest BCUT2D eigenvalue weighted by Crippen LogP contribution is -2.13. The van der Waals surface area contributed by atoms with Gasteiger partial charge in [-0.3, -0.25) is 9.78 Å². The van der Waals surface area contributed by atoms with Crippen molar-refractivity contribution >= 4 is 17.4 Å². The Labute approximate surface area is 112 Å². The predicted octanol–water partition coefficient (Wildman–Crippen LogP) is 3.65. The number of hydrogen-bond acceptors (Lipinski definition) is 2. The van der Waals surface area contributed by atoms with Gasteiger partial charge in [0.2, 0.25) is 0 Å². The predicted molar refractivity (Wildman–Crippen MR) is 72.8 cm³/mol. The topological polar surface area (TPSA) is 30.0 Å². The van der Waals surface area contributed by atoms with E-state index in [1.54, 1.807) is 13.1 Å². The number of hydrogen-bond donors (Lipinski definition) is 0. The molecule has 2 aromatic rings. The third-order valence-electron chi connectivity index (χ3n) is 2.89. The molecule has 3 heteroatoms. The van der Waals surface area contributed by atoms with Crippen LogP contribution in [-0.4, -0.2) is 10.8 Å². The Bertz CT molecular complexity index is 522. The summed E-state index contributed by atoms with van der Waals surface area (Å²) in [7, 11) is 0. The van der Waals surface area contributed by atoms with Crippen molar-refractivity contribution < 1.29 is 4.79 Å². The highest BCUT2D eigenvalue weighted by Crippen LogP contribution is 2.21. The number of pyridine rings is 1. The minimum atomic E-state index is -0.188. The largest absolute Gasteiger partial charge is 0.299 e. The molecule has 0 N–H and O–H groups in total. The zero-order chi connectivity index (χ0) is 13.0. The second-order valence-electron chi connectivity index (χ2n) is 4.25. The maximum absolute atomic E-state index is 11.7. The Kier molecular flexibility index (Phi) is 4.11. The highest BCUT2D eigenvalue weighted by molar-refractivity contribution is 6.30. The van der Waals surface area contributed by atoms with Crippen molar-refractivity contribution in [3.05, 3.63) is 64.9 Å². The van der Waals surface area contributed by atoms with Crippen molar-refractivity contribution in [2.24, 2.45) is 0 Å². The third kappa shape index (κ3) is 3.17. The van der Waals surface area contributed by atoms with Crippen LogP contribution >= 0.6 is 11.6 Å². The van der Waals surface area contributed by atoms with E-state index < -0.39 is 0 Å². The van der Waals surface area contributed by atoms with Gasteiger partial charge in [0.25, 0.3) is 0 Å². The van der Waals surface area contributed by atoms with Crippen LogP contribution in [0.5, 0.6) is 0 Å². The summed E-state index contributed by atoms with van der Waals surface area (Å²) in [6, 6.07) is 13.2. The Morgan fingerprint density at radius 1 is 1.22 bits per heavy atom. The summed E-state index contributed by atoms with van der Waals surface area (Å²) in [4.78, 5) is 16.0. The molecule has 2 rings (SSSR count). The van der Waals surface area contributed by atoms with Crippen molar-refractivity contribution in [3.8, 4) is 0 Å². The second-order valence-corrected chi connectivity index (χ2v) is 4.68. The maximum Gasteiger partial charge on any atom is 0.139 e. The summed E-state index contributed by atoms with van der Waals surface area (Å²) in [5.41, 5.74) is 1.91. The van der Waals surface area contributed by atoms with Gasteiger partial charge in [0, 0.05) is 11.2 Å². The normalized spacial score (nSPS) is 12.1. The van der Waals surface area contributed by atoms with Crippen LogP contribution in [0.1, 0.15) is 24.1 Å². The summed E-state index contributed by atoms with van der Waals surface area (Å²) >= 11 is 5.85. The number of benzene rings is 1.